The van der Waals surface area contributed by atoms with Crippen LogP contribution in [0.2, 0.25) is 0 Å². The molecular formula is C28H34FN5O3. The third-order valence-electron chi connectivity index (χ3n) is 6.41. The molecule has 3 aromatic rings. The average molecular weight is 508 g/mol. The Balaban J connectivity index is 1.31. The van der Waals surface area contributed by atoms with Crippen LogP contribution in [0.3, 0.4) is 0 Å². The maximum absolute atomic E-state index is 14.2. The summed E-state index contributed by atoms with van der Waals surface area (Å²) in [7, 11) is 0. The van der Waals surface area contributed by atoms with E-state index in [1.165, 1.54) is 13.0 Å². The van der Waals surface area contributed by atoms with E-state index in [0.717, 1.165) is 24.1 Å². The van der Waals surface area contributed by atoms with Gasteiger partial charge in [-0.15, -0.1) is 0 Å². The van der Waals surface area contributed by atoms with Crippen LogP contribution < -0.4 is 5.32 Å². The standard InChI is InChI=1S/C28H34FN5O3/c1-19(2)16-26-31-27(32-37-26)22-10-8-21(9-11-22)18-33-12-14-34(15-13-33)28(36)25(30-20(3)35)17-23-6-4-5-7-24(23)29/h4-11,19,25H,12-18H2,1-3H3,(H,30,35)/t25-/m1/s1. The Hall–Kier alpha value is -3.59. The lowest BCUT2D eigenvalue weighted by Crippen LogP contribution is -2.55. The molecule has 2 aromatic carbocycles. The van der Waals surface area contributed by atoms with E-state index in [1.807, 2.05) is 12.1 Å². The van der Waals surface area contributed by atoms with Gasteiger partial charge in [-0.25, -0.2) is 4.39 Å². The Morgan fingerprint density at radius 3 is 2.38 bits per heavy atom. The van der Waals surface area contributed by atoms with Crippen LogP contribution in [-0.2, 0) is 29.0 Å². The Labute approximate surface area is 216 Å². The first-order chi connectivity index (χ1) is 17.8. The zero-order valence-electron chi connectivity index (χ0n) is 21.6. The maximum Gasteiger partial charge on any atom is 0.245 e. The summed E-state index contributed by atoms with van der Waals surface area (Å²) in [5, 5.41) is 6.80. The summed E-state index contributed by atoms with van der Waals surface area (Å²) in [4.78, 5) is 33.5. The second-order valence-electron chi connectivity index (χ2n) is 9.96. The molecule has 0 spiro atoms. The van der Waals surface area contributed by atoms with Crippen molar-refractivity contribution in [2.75, 3.05) is 26.2 Å². The topological polar surface area (TPSA) is 91.6 Å². The predicted octanol–water partition coefficient (Wildman–Crippen LogP) is 3.47. The van der Waals surface area contributed by atoms with Crippen LogP contribution in [0.15, 0.2) is 53.1 Å². The molecule has 196 valence electrons. The monoisotopic (exact) mass is 507 g/mol. The van der Waals surface area contributed by atoms with E-state index in [4.69, 9.17) is 4.52 Å². The maximum atomic E-state index is 14.2. The summed E-state index contributed by atoms with van der Waals surface area (Å²) in [6, 6.07) is 13.7. The minimum absolute atomic E-state index is 0.122. The normalized spacial score (nSPS) is 15.1. The number of hydrogen-bond acceptors (Lipinski definition) is 6. The third-order valence-corrected chi connectivity index (χ3v) is 6.41. The molecule has 1 aliphatic heterocycles. The fourth-order valence-electron chi connectivity index (χ4n) is 4.50. The fraction of sp³-hybridized carbons (Fsp3) is 0.429. The van der Waals surface area contributed by atoms with Crippen LogP contribution in [0, 0.1) is 11.7 Å². The largest absolute Gasteiger partial charge is 0.344 e. The molecular weight excluding hydrogens is 473 g/mol. The van der Waals surface area contributed by atoms with Gasteiger partial charge in [0.05, 0.1) is 0 Å². The van der Waals surface area contributed by atoms with Crippen molar-refractivity contribution in [3.05, 3.63) is 71.4 Å². The molecule has 0 saturated carbocycles. The fourth-order valence-corrected chi connectivity index (χ4v) is 4.50. The number of nitrogens with zero attached hydrogens (tertiary/aromatic N) is 4. The van der Waals surface area contributed by atoms with E-state index < -0.39 is 6.04 Å². The summed E-state index contributed by atoms with van der Waals surface area (Å²) in [6.07, 6.45) is 0.880. The van der Waals surface area contributed by atoms with E-state index in [1.54, 1.807) is 23.1 Å². The van der Waals surface area contributed by atoms with Crippen LogP contribution in [0.1, 0.15) is 37.8 Å². The highest BCUT2D eigenvalue weighted by Crippen LogP contribution is 2.19. The number of carbonyl (C=O) groups excluding carboxylic acids is 2. The molecule has 1 saturated heterocycles. The molecule has 1 fully saturated rings. The zero-order chi connectivity index (χ0) is 26.4. The molecule has 0 aliphatic carbocycles. The summed E-state index contributed by atoms with van der Waals surface area (Å²) in [5.41, 5.74) is 2.48. The first-order valence-corrected chi connectivity index (χ1v) is 12.7. The number of halogens is 1. The van der Waals surface area contributed by atoms with Crippen molar-refractivity contribution in [2.24, 2.45) is 5.92 Å². The summed E-state index contributed by atoms with van der Waals surface area (Å²) >= 11 is 0. The van der Waals surface area contributed by atoms with Gasteiger partial charge in [0.25, 0.3) is 0 Å². The van der Waals surface area contributed by atoms with E-state index in [9.17, 15) is 14.0 Å². The Kier molecular flexibility index (Phi) is 8.66. The number of nitrogens with one attached hydrogen (secondary N) is 1. The highest BCUT2D eigenvalue weighted by atomic mass is 19.1. The van der Waals surface area contributed by atoms with Crippen molar-refractivity contribution in [3.63, 3.8) is 0 Å². The molecule has 0 bridgehead atoms. The van der Waals surface area contributed by atoms with Crippen molar-refractivity contribution in [1.29, 1.82) is 0 Å². The molecule has 0 radical (unpaired) electrons. The molecule has 9 heteroatoms. The third kappa shape index (κ3) is 7.22. The van der Waals surface area contributed by atoms with Crippen molar-refractivity contribution in [1.82, 2.24) is 25.3 Å². The van der Waals surface area contributed by atoms with Gasteiger partial charge >= 0.3 is 0 Å². The van der Waals surface area contributed by atoms with E-state index in [-0.39, 0.29) is 24.1 Å². The van der Waals surface area contributed by atoms with Gasteiger partial charge in [0.15, 0.2) is 0 Å². The van der Waals surface area contributed by atoms with Crippen molar-refractivity contribution in [2.45, 2.75) is 46.2 Å². The molecule has 1 N–H and O–H groups in total. The van der Waals surface area contributed by atoms with Crippen LogP contribution in [0.4, 0.5) is 4.39 Å². The molecule has 4 rings (SSSR count). The van der Waals surface area contributed by atoms with Gasteiger partial charge in [-0.1, -0.05) is 61.5 Å². The summed E-state index contributed by atoms with van der Waals surface area (Å²) < 4.78 is 19.5. The summed E-state index contributed by atoms with van der Waals surface area (Å²) in [6.45, 7) is 8.87. The van der Waals surface area contributed by atoms with E-state index >= 15 is 0 Å². The first kappa shape index (κ1) is 26.5. The van der Waals surface area contributed by atoms with Gasteiger partial charge in [-0.3, -0.25) is 14.5 Å². The lowest BCUT2D eigenvalue weighted by molar-refractivity contribution is -0.137. The van der Waals surface area contributed by atoms with Gasteiger partial charge in [-0.2, -0.15) is 4.98 Å². The number of amides is 2. The zero-order valence-corrected chi connectivity index (χ0v) is 21.6. The highest BCUT2D eigenvalue weighted by Gasteiger charge is 2.29. The van der Waals surface area contributed by atoms with Crippen LogP contribution in [-0.4, -0.2) is 64.0 Å². The minimum Gasteiger partial charge on any atom is -0.344 e. The second kappa shape index (κ2) is 12.1. The quantitative estimate of drug-likeness (QED) is 0.477. The van der Waals surface area contributed by atoms with Crippen molar-refractivity contribution >= 4 is 11.8 Å². The Bertz CT molecular complexity index is 1200. The molecule has 2 heterocycles. The number of benzene rings is 2. The first-order valence-electron chi connectivity index (χ1n) is 12.7. The van der Waals surface area contributed by atoms with Crippen LogP contribution in [0.25, 0.3) is 11.4 Å². The number of carbonyl (C=O) groups is 2. The molecule has 1 aromatic heterocycles. The van der Waals surface area contributed by atoms with Gasteiger partial charge in [0.1, 0.15) is 11.9 Å². The lowest BCUT2D eigenvalue weighted by atomic mass is 10.0. The van der Waals surface area contributed by atoms with Gasteiger partial charge in [0, 0.05) is 58.1 Å². The summed E-state index contributed by atoms with van der Waals surface area (Å²) in [5.74, 6) is 0.828. The van der Waals surface area contributed by atoms with Gasteiger partial charge < -0.3 is 14.7 Å². The predicted molar refractivity (Wildman–Crippen MR) is 138 cm³/mol. The highest BCUT2D eigenvalue weighted by molar-refractivity contribution is 5.87. The van der Waals surface area contributed by atoms with Crippen molar-refractivity contribution < 1.29 is 18.5 Å². The minimum atomic E-state index is -0.792. The molecule has 37 heavy (non-hydrogen) atoms. The second-order valence-corrected chi connectivity index (χ2v) is 9.96. The number of piperazine rings is 1. The Morgan fingerprint density at radius 1 is 1.03 bits per heavy atom. The molecule has 8 nitrogen and oxygen atoms in total. The molecule has 2 amide bonds. The molecule has 0 unspecified atom stereocenters. The SMILES string of the molecule is CC(=O)N[C@H](Cc1ccccc1F)C(=O)N1CCN(Cc2ccc(-c3noc(CC(C)C)n3)cc2)CC1. The van der Waals surface area contributed by atoms with E-state index in [0.29, 0.717) is 49.4 Å². The van der Waals surface area contributed by atoms with Gasteiger partial charge in [0.2, 0.25) is 23.5 Å². The average Bonchev–Trinajstić information content (AvgIpc) is 3.33. The van der Waals surface area contributed by atoms with Crippen LogP contribution >= 0.6 is 0 Å². The Morgan fingerprint density at radius 2 is 1.73 bits per heavy atom. The molecule has 1 aliphatic rings. The lowest BCUT2D eigenvalue weighted by Gasteiger charge is -2.36. The van der Waals surface area contributed by atoms with Gasteiger partial charge in [-0.05, 0) is 23.1 Å². The number of aromatic nitrogens is 2. The number of rotatable bonds is 9. The number of hydrogen-bond donors (Lipinski definition) is 1. The smallest absolute Gasteiger partial charge is 0.245 e. The van der Waals surface area contributed by atoms with Crippen molar-refractivity contribution in [3.8, 4) is 11.4 Å². The van der Waals surface area contributed by atoms with Crippen LogP contribution in [0.5, 0.6) is 0 Å². The van der Waals surface area contributed by atoms with E-state index in [2.05, 4.69) is 46.3 Å². The molecule has 1 atom stereocenters.